The number of hydrogen-bond donors (Lipinski definition) is 2. The predicted octanol–water partition coefficient (Wildman–Crippen LogP) is 1.75. The number of piperazine rings is 1. The molecular formula is C19H35IN6O2S. The molecule has 1 aromatic rings. The highest BCUT2D eigenvalue weighted by atomic mass is 127. The van der Waals surface area contributed by atoms with Gasteiger partial charge in [-0.15, -0.1) is 24.0 Å². The SMILES string of the molecule is CN=C(NCCCC(C)C)NCCS(=O)(=O)N1CCN(c2ccccn2)CC1.I. The van der Waals surface area contributed by atoms with E-state index in [0.717, 1.165) is 25.2 Å². The maximum absolute atomic E-state index is 12.6. The molecule has 0 radical (unpaired) electrons. The van der Waals surface area contributed by atoms with Crippen molar-refractivity contribution in [3.05, 3.63) is 24.4 Å². The molecule has 0 unspecified atom stereocenters. The second-order valence-corrected chi connectivity index (χ2v) is 9.44. The van der Waals surface area contributed by atoms with Crippen LogP contribution in [-0.4, -0.2) is 75.7 Å². The summed E-state index contributed by atoms with van der Waals surface area (Å²) >= 11 is 0. The summed E-state index contributed by atoms with van der Waals surface area (Å²) < 4.78 is 26.8. The van der Waals surface area contributed by atoms with Crippen LogP contribution >= 0.6 is 24.0 Å². The Kier molecular flexibility index (Phi) is 11.8. The number of hydrogen-bond acceptors (Lipinski definition) is 5. The number of pyridine rings is 1. The number of sulfonamides is 1. The molecule has 1 aliphatic rings. The smallest absolute Gasteiger partial charge is 0.215 e. The molecule has 0 bridgehead atoms. The second kappa shape index (κ2) is 13.2. The summed E-state index contributed by atoms with van der Waals surface area (Å²) in [5.41, 5.74) is 0. The van der Waals surface area contributed by atoms with Crippen LogP contribution in [0, 0.1) is 5.92 Å². The van der Waals surface area contributed by atoms with Gasteiger partial charge < -0.3 is 15.5 Å². The van der Waals surface area contributed by atoms with Crippen molar-refractivity contribution in [3.8, 4) is 0 Å². The van der Waals surface area contributed by atoms with Crippen molar-refractivity contribution in [1.29, 1.82) is 0 Å². The van der Waals surface area contributed by atoms with Crippen molar-refractivity contribution in [3.63, 3.8) is 0 Å². The fraction of sp³-hybridized carbons (Fsp3) is 0.684. The number of rotatable bonds is 9. The molecule has 0 aliphatic carbocycles. The number of aromatic nitrogens is 1. The number of nitrogens with zero attached hydrogens (tertiary/aromatic N) is 4. The van der Waals surface area contributed by atoms with Gasteiger partial charge in [-0.25, -0.2) is 13.4 Å². The lowest BCUT2D eigenvalue weighted by molar-refractivity contribution is 0.384. The van der Waals surface area contributed by atoms with Crippen molar-refractivity contribution in [1.82, 2.24) is 19.9 Å². The first-order valence-corrected chi connectivity index (χ1v) is 11.6. The summed E-state index contributed by atoms with van der Waals surface area (Å²) in [6.45, 7) is 7.86. The van der Waals surface area contributed by atoms with Crippen LogP contribution in [0.1, 0.15) is 26.7 Å². The number of aliphatic imine (C=N–C) groups is 1. The minimum atomic E-state index is -3.29. The minimum absolute atomic E-state index is 0. The molecule has 2 heterocycles. The maximum Gasteiger partial charge on any atom is 0.215 e. The molecule has 29 heavy (non-hydrogen) atoms. The zero-order valence-corrected chi connectivity index (χ0v) is 20.8. The summed E-state index contributed by atoms with van der Waals surface area (Å²) in [5, 5.41) is 6.33. The van der Waals surface area contributed by atoms with Gasteiger partial charge >= 0.3 is 0 Å². The summed E-state index contributed by atoms with van der Waals surface area (Å²) in [4.78, 5) is 10.6. The summed E-state index contributed by atoms with van der Waals surface area (Å²) in [5.74, 6) is 2.29. The third-order valence-corrected chi connectivity index (χ3v) is 6.60. The van der Waals surface area contributed by atoms with Gasteiger partial charge in [0.05, 0.1) is 5.75 Å². The lowest BCUT2D eigenvalue weighted by atomic mass is 10.1. The van der Waals surface area contributed by atoms with Gasteiger partial charge in [0.1, 0.15) is 5.82 Å². The summed E-state index contributed by atoms with van der Waals surface area (Å²) in [7, 11) is -1.59. The topological polar surface area (TPSA) is 89.9 Å². The molecule has 1 aromatic heterocycles. The Labute approximate surface area is 192 Å². The highest BCUT2D eigenvalue weighted by molar-refractivity contribution is 14.0. The first-order chi connectivity index (χ1) is 13.4. The van der Waals surface area contributed by atoms with Gasteiger partial charge in [0.25, 0.3) is 0 Å². The normalized spacial score (nSPS) is 15.9. The molecule has 1 saturated heterocycles. The molecule has 0 amide bonds. The van der Waals surface area contributed by atoms with Crippen molar-refractivity contribution in [2.24, 2.45) is 10.9 Å². The van der Waals surface area contributed by atoms with Crippen LogP contribution in [0.25, 0.3) is 0 Å². The highest BCUT2D eigenvalue weighted by Crippen LogP contribution is 2.14. The molecule has 0 aromatic carbocycles. The molecule has 1 aliphatic heterocycles. The van der Waals surface area contributed by atoms with E-state index in [1.165, 1.54) is 0 Å². The van der Waals surface area contributed by atoms with Gasteiger partial charge in [-0.3, -0.25) is 4.99 Å². The number of anilines is 1. The Morgan fingerprint density at radius 1 is 1.17 bits per heavy atom. The van der Waals surface area contributed by atoms with Gasteiger partial charge in [-0.05, 0) is 30.9 Å². The first kappa shape index (κ1) is 25.9. The lowest BCUT2D eigenvalue weighted by Crippen LogP contribution is -2.50. The quantitative estimate of drug-likeness (QED) is 0.216. The van der Waals surface area contributed by atoms with Crippen LogP contribution in [0.2, 0.25) is 0 Å². The average Bonchev–Trinajstić information content (AvgIpc) is 2.70. The molecule has 2 rings (SSSR count). The number of halogens is 1. The van der Waals surface area contributed by atoms with E-state index < -0.39 is 10.0 Å². The zero-order chi connectivity index (χ0) is 20.4. The van der Waals surface area contributed by atoms with Crippen molar-refractivity contribution >= 4 is 45.8 Å². The fourth-order valence-electron chi connectivity index (χ4n) is 3.10. The Morgan fingerprint density at radius 3 is 2.45 bits per heavy atom. The molecule has 8 nitrogen and oxygen atoms in total. The van der Waals surface area contributed by atoms with Gasteiger partial charge in [0, 0.05) is 52.5 Å². The van der Waals surface area contributed by atoms with E-state index in [1.54, 1.807) is 17.5 Å². The Morgan fingerprint density at radius 2 is 1.86 bits per heavy atom. The fourth-order valence-corrected chi connectivity index (χ4v) is 4.44. The van der Waals surface area contributed by atoms with E-state index in [-0.39, 0.29) is 29.7 Å². The number of nitrogens with one attached hydrogen (secondary N) is 2. The van der Waals surface area contributed by atoms with Crippen molar-refractivity contribution in [2.45, 2.75) is 26.7 Å². The molecule has 10 heteroatoms. The largest absolute Gasteiger partial charge is 0.356 e. The highest BCUT2D eigenvalue weighted by Gasteiger charge is 2.27. The van der Waals surface area contributed by atoms with E-state index in [4.69, 9.17) is 0 Å². The van der Waals surface area contributed by atoms with Gasteiger partial charge in [0.2, 0.25) is 10.0 Å². The predicted molar refractivity (Wildman–Crippen MR) is 131 cm³/mol. The standard InChI is InChI=1S/C19H34N6O2S.HI/c1-17(2)7-6-10-22-19(20-3)23-11-16-28(26,27)25-14-12-24(13-15-25)18-8-4-5-9-21-18;/h4-5,8-9,17H,6-7,10-16H2,1-3H3,(H2,20,22,23);1H. The molecule has 166 valence electrons. The van der Waals surface area contributed by atoms with Crippen LogP contribution in [0.3, 0.4) is 0 Å². The molecular weight excluding hydrogens is 503 g/mol. The van der Waals surface area contributed by atoms with Crippen molar-refractivity contribution < 1.29 is 8.42 Å². The van der Waals surface area contributed by atoms with Crippen LogP contribution in [-0.2, 0) is 10.0 Å². The average molecular weight is 539 g/mol. The van der Waals surface area contributed by atoms with Gasteiger partial charge in [-0.2, -0.15) is 4.31 Å². The van der Waals surface area contributed by atoms with E-state index in [1.807, 2.05) is 18.2 Å². The zero-order valence-electron chi connectivity index (χ0n) is 17.7. The third kappa shape index (κ3) is 9.04. The summed E-state index contributed by atoms with van der Waals surface area (Å²) in [6.07, 6.45) is 3.98. The van der Waals surface area contributed by atoms with Crippen LogP contribution in [0.4, 0.5) is 5.82 Å². The van der Waals surface area contributed by atoms with E-state index in [2.05, 4.69) is 39.4 Å². The Bertz CT molecular complexity index is 707. The molecule has 0 atom stereocenters. The maximum atomic E-state index is 12.6. The minimum Gasteiger partial charge on any atom is -0.356 e. The molecule has 0 spiro atoms. The molecule has 2 N–H and O–H groups in total. The van der Waals surface area contributed by atoms with Gasteiger partial charge in [0.15, 0.2) is 5.96 Å². The lowest BCUT2D eigenvalue weighted by Gasteiger charge is -2.34. The van der Waals surface area contributed by atoms with Crippen LogP contribution in [0.15, 0.2) is 29.4 Å². The Hall–Kier alpha value is -1.14. The number of guanidine groups is 1. The van der Waals surface area contributed by atoms with E-state index >= 15 is 0 Å². The van der Waals surface area contributed by atoms with E-state index in [9.17, 15) is 8.42 Å². The van der Waals surface area contributed by atoms with Crippen LogP contribution in [0.5, 0.6) is 0 Å². The van der Waals surface area contributed by atoms with E-state index in [0.29, 0.717) is 44.6 Å². The monoisotopic (exact) mass is 538 g/mol. The summed E-state index contributed by atoms with van der Waals surface area (Å²) in [6, 6.07) is 5.78. The second-order valence-electron chi connectivity index (χ2n) is 7.35. The van der Waals surface area contributed by atoms with Gasteiger partial charge in [-0.1, -0.05) is 19.9 Å². The third-order valence-electron chi connectivity index (χ3n) is 4.73. The Balaban J connectivity index is 0.00000420. The molecule has 1 fully saturated rings. The van der Waals surface area contributed by atoms with Crippen molar-refractivity contribution in [2.75, 3.05) is 57.0 Å². The van der Waals surface area contributed by atoms with Crippen LogP contribution < -0.4 is 15.5 Å². The molecule has 0 saturated carbocycles. The first-order valence-electron chi connectivity index (χ1n) is 10.0.